The van der Waals surface area contributed by atoms with Crippen LogP contribution in [0, 0.1) is 5.82 Å². The van der Waals surface area contributed by atoms with Crippen molar-refractivity contribution < 1.29 is 9.50 Å². The van der Waals surface area contributed by atoms with Crippen molar-refractivity contribution in [2.24, 2.45) is 0 Å². The summed E-state index contributed by atoms with van der Waals surface area (Å²) in [4.78, 5) is 4.64. The van der Waals surface area contributed by atoms with Crippen molar-refractivity contribution >= 4 is 28.9 Å². The van der Waals surface area contributed by atoms with Crippen LogP contribution in [0.25, 0.3) is 0 Å². The summed E-state index contributed by atoms with van der Waals surface area (Å²) in [6.07, 6.45) is 4.38. The van der Waals surface area contributed by atoms with Gasteiger partial charge in [-0.3, -0.25) is 4.90 Å². The Bertz CT molecular complexity index is 799. The molecule has 0 spiro atoms. The fraction of sp³-hybridized carbons (Fsp3) is 0.400. The van der Waals surface area contributed by atoms with Crippen LogP contribution in [0.2, 0.25) is 10.0 Å². The van der Waals surface area contributed by atoms with E-state index in [1.165, 1.54) is 18.6 Å². The van der Waals surface area contributed by atoms with Crippen LogP contribution in [0.4, 0.5) is 10.1 Å². The maximum atomic E-state index is 13.4. The molecule has 2 heterocycles. The van der Waals surface area contributed by atoms with E-state index < -0.39 is 0 Å². The number of nitrogens with zero attached hydrogens (tertiary/aromatic N) is 2. The van der Waals surface area contributed by atoms with Crippen molar-refractivity contribution in [3.63, 3.8) is 0 Å². The smallest absolute Gasteiger partial charge is 0.140 e. The first kappa shape index (κ1) is 17.9. The van der Waals surface area contributed by atoms with E-state index in [1.54, 1.807) is 24.3 Å². The zero-order valence-corrected chi connectivity index (χ0v) is 15.8. The molecule has 0 aliphatic carbocycles. The molecule has 2 atom stereocenters. The lowest BCUT2D eigenvalue weighted by molar-refractivity contribution is 0.0603. The van der Waals surface area contributed by atoms with Gasteiger partial charge < -0.3 is 10.0 Å². The molecule has 1 N–H and O–H groups in total. The number of aromatic hydroxyl groups is 1. The maximum absolute atomic E-state index is 13.4. The molecule has 2 aliphatic heterocycles. The monoisotopic (exact) mass is 394 g/mol. The topological polar surface area (TPSA) is 26.7 Å². The van der Waals surface area contributed by atoms with Crippen molar-refractivity contribution in [1.82, 2.24) is 4.90 Å². The minimum absolute atomic E-state index is 0.0689. The van der Waals surface area contributed by atoms with Crippen LogP contribution in [-0.4, -0.2) is 29.1 Å². The van der Waals surface area contributed by atoms with Crippen molar-refractivity contribution in [2.75, 3.05) is 18.0 Å². The number of anilines is 1. The highest BCUT2D eigenvalue weighted by Gasteiger charge is 2.39. The van der Waals surface area contributed by atoms with Crippen LogP contribution in [-0.2, 0) is 0 Å². The molecule has 3 nitrogen and oxygen atoms in total. The van der Waals surface area contributed by atoms with Gasteiger partial charge in [-0.15, -0.1) is 0 Å². The van der Waals surface area contributed by atoms with E-state index in [-0.39, 0.29) is 22.8 Å². The van der Waals surface area contributed by atoms with E-state index in [2.05, 4.69) is 9.80 Å². The average molecular weight is 395 g/mol. The molecule has 6 heteroatoms. The molecule has 0 amide bonds. The molecule has 2 aliphatic rings. The van der Waals surface area contributed by atoms with Gasteiger partial charge in [-0.25, -0.2) is 4.39 Å². The van der Waals surface area contributed by atoms with Crippen molar-refractivity contribution in [2.45, 2.75) is 37.9 Å². The second-order valence-corrected chi connectivity index (χ2v) is 7.89. The zero-order chi connectivity index (χ0) is 18.3. The summed E-state index contributed by atoms with van der Waals surface area (Å²) in [5.74, 6) is -0.189. The normalized spacial score (nSPS) is 23.7. The van der Waals surface area contributed by atoms with Gasteiger partial charge in [0, 0.05) is 35.4 Å². The Kier molecular flexibility index (Phi) is 5.00. The largest absolute Gasteiger partial charge is 0.506 e. The third-order valence-electron chi connectivity index (χ3n) is 5.48. The highest BCUT2D eigenvalue weighted by molar-refractivity contribution is 6.35. The number of rotatable bonds is 2. The highest BCUT2D eigenvalue weighted by atomic mass is 35.5. The summed E-state index contributed by atoms with van der Waals surface area (Å²) in [7, 11) is 0. The average Bonchev–Trinajstić information content (AvgIpc) is 2.64. The summed E-state index contributed by atoms with van der Waals surface area (Å²) in [5, 5.41) is 11.4. The molecular formula is C20H21Cl2FN2O. The number of benzene rings is 2. The van der Waals surface area contributed by atoms with Crippen LogP contribution in [0.1, 0.15) is 37.4 Å². The fourth-order valence-electron chi connectivity index (χ4n) is 4.28. The third-order valence-corrected chi connectivity index (χ3v) is 5.99. The summed E-state index contributed by atoms with van der Waals surface area (Å²) < 4.78 is 13.4. The van der Waals surface area contributed by atoms with E-state index in [0.29, 0.717) is 16.6 Å². The Morgan fingerprint density at radius 2 is 1.77 bits per heavy atom. The first-order valence-electron chi connectivity index (χ1n) is 9.00. The highest BCUT2D eigenvalue weighted by Crippen LogP contribution is 2.44. The molecule has 2 saturated heterocycles. The van der Waals surface area contributed by atoms with Crippen LogP contribution in [0.5, 0.6) is 5.75 Å². The van der Waals surface area contributed by atoms with Gasteiger partial charge in [0.1, 0.15) is 17.7 Å². The zero-order valence-electron chi connectivity index (χ0n) is 14.3. The van der Waals surface area contributed by atoms with Gasteiger partial charge >= 0.3 is 0 Å². The molecule has 4 rings (SSSR count). The van der Waals surface area contributed by atoms with E-state index in [9.17, 15) is 9.50 Å². The van der Waals surface area contributed by atoms with E-state index in [0.717, 1.165) is 38.0 Å². The van der Waals surface area contributed by atoms with E-state index in [4.69, 9.17) is 23.2 Å². The lowest BCUT2D eigenvalue weighted by Gasteiger charge is -2.51. The molecular weight excluding hydrogens is 374 g/mol. The van der Waals surface area contributed by atoms with Gasteiger partial charge in [-0.1, -0.05) is 29.6 Å². The van der Waals surface area contributed by atoms with Gasteiger partial charge in [0.05, 0.1) is 5.02 Å². The van der Waals surface area contributed by atoms with Crippen molar-refractivity contribution in [1.29, 1.82) is 0 Å². The predicted octanol–water partition coefficient (Wildman–Crippen LogP) is 5.60. The second-order valence-electron chi connectivity index (χ2n) is 7.05. The minimum Gasteiger partial charge on any atom is -0.506 e. The third kappa shape index (κ3) is 3.26. The molecule has 2 aromatic carbocycles. The van der Waals surface area contributed by atoms with Gasteiger partial charge in [0.2, 0.25) is 0 Å². The maximum Gasteiger partial charge on any atom is 0.140 e. The summed E-state index contributed by atoms with van der Waals surface area (Å²) in [6.45, 7) is 1.79. The van der Waals surface area contributed by atoms with Crippen molar-refractivity contribution in [3.8, 4) is 5.75 Å². The first-order valence-corrected chi connectivity index (χ1v) is 9.76. The molecule has 0 aromatic heterocycles. The van der Waals surface area contributed by atoms with Crippen LogP contribution in [0.15, 0.2) is 36.4 Å². The van der Waals surface area contributed by atoms with E-state index >= 15 is 0 Å². The van der Waals surface area contributed by atoms with Crippen LogP contribution < -0.4 is 4.90 Å². The number of halogens is 3. The number of hydrogen-bond acceptors (Lipinski definition) is 3. The molecule has 0 radical (unpaired) electrons. The lowest BCUT2D eigenvalue weighted by Crippen LogP contribution is -2.54. The Hall–Kier alpha value is -1.49. The Labute approximate surface area is 162 Å². The fourth-order valence-corrected chi connectivity index (χ4v) is 4.79. The standard InChI is InChI=1S/C20H21Cl2FN2O/c21-13-11-17(19(26)18(22)12-13)20-24-9-2-1-3-15(24)8-10-25(20)16-6-4-14(23)5-7-16/h4-7,11-12,15,20,26H,1-3,8-10H2. The SMILES string of the molecule is Oc1c(Cl)cc(Cl)cc1C1N(c2ccc(F)cc2)CCC2CCCCN21. The number of fused-ring (bicyclic) bond motifs is 1. The number of phenolic OH excluding ortho intramolecular Hbond substituents is 1. The Balaban J connectivity index is 1.81. The molecule has 26 heavy (non-hydrogen) atoms. The Morgan fingerprint density at radius 1 is 1.00 bits per heavy atom. The van der Waals surface area contributed by atoms with E-state index in [1.807, 2.05) is 0 Å². The van der Waals surface area contributed by atoms with Crippen LogP contribution >= 0.6 is 23.2 Å². The second kappa shape index (κ2) is 7.26. The van der Waals surface area contributed by atoms with Gasteiger partial charge in [-0.2, -0.15) is 0 Å². The number of phenols is 1. The Morgan fingerprint density at radius 3 is 2.54 bits per heavy atom. The number of hydrogen-bond donors (Lipinski definition) is 1. The van der Waals surface area contributed by atoms with Gasteiger partial charge in [-0.05, 0) is 55.7 Å². The molecule has 2 aromatic rings. The summed E-state index contributed by atoms with van der Waals surface area (Å²) in [5.41, 5.74) is 1.63. The molecule has 2 unspecified atom stereocenters. The summed E-state index contributed by atoms with van der Waals surface area (Å²) >= 11 is 12.5. The summed E-state index contributed by atoms with van der Waals surface area (Å²) in [6, 6.07) is 10.3. The van der Waals surface area contributed by atoms with Crippen molar-refractivity contribution in [3.05, 3.63) is 57.8 Å². The van der Waals surface area contributed by atoms with Crippen LogP contribution in [0.3, 0.4) is 0 Å². The lowest BCUT2D eigenvalue weighted by atomic mass is 9.92. The molecule has 0 saturated carbocycles. The predicted molar refractivity (Wildman–Crippen MR) is 104 cm³/mol. The molecule has 2 fully saturated rings. The quantitative estimate of drug-likeness (QED) is 0.717. The van der Waals surface area contributed by atoms with Gasteiger partial charge in [0.15, 0.2) is 0 Å². The first-order chi connectivity index (χ1) is 12.5. The number of piperidine rings is 1. The minimum atomic E-state index is -0.258. The molecule has 138 valence electrons. The molecule has 0 bridgehead atoms. The van der Waals surface area contributed by atoms with Gasteiger partial charge in [0.25, 0.3) is 0 Å².